The number of nitrogens with zero attached hydrogens (tertiary/aromatic N) is 2. The number of aryl methyl sites for hydroxylation is 1. The Bertz CT molecular complexity index is 390. The Morgan fingerprint density at radius 2 is 2.06 bits per heavy atom. The highest BCUT2D eigenvalue weighted by Crippen LogP contribution is 2.31. The second-order valence-electron chi connectivity index (χ2n) is 4.83. The molecule has 88 valence electrons. The molecule has 0 aliphatic heterocycles. The van der Waals surface area contributed by atoms with Crippen LogP contribution in [0.4, 0.5) is 0 Å². The number of carboxylic acid groups (broad SMARTS) is 1. The van der Waals surface area contributed by atoms with E-state index in [1.165, 1.54) is 12.8 Å². The third-order valence-corrected chi connectivity index (χ3v) is 3.51. The van der Waals surface area contributed by atoms with Gasteiger partial charge in [0, 0.05) is 6.20 Å². The lowest BCUT2D eigenvalue weighted by atomic mass is 9.87. The van der Waals surface area contributed by atoms with E-state index in [4.69, 9.17) is 5.11 Å². The van der Waals surface area contributed by atoms with Crippen molar-refractivity contribution in [2.75, 3.05) is 0 Å². The minimum atomic E-state index is -0.882. The topological polar surface area (TPSA) is 55.1 Å². The summed E-state index contributed by atoms with van der Waals surface area (Å²) in [5.74, 6) is -0.0835. The zero-order chi connectivity index (χ0) is 11.7. The number of carbonyl (C=O) groups is 1. The third kappa shape index (κ3) is 2.10. The summed E-state index contributed by atoms with van der Waals surface area (Å²) < 4.78 is 1.85. The number of aromatic nitrogens is 2. The van der Waals surface area contributed by atoms with Crippen LogP contribution in [0.3, 0.4) is 0 Å². The van der Waals surface area contributed by atoms with E-state index in [1.807, 2.05) is 4.68 Å². The number of hydrogen-bond acceptors (Lipinski definition) is 2. The number of aromatic carboxylic acids is 1. The maximum Gasteiger partial charge on any atom is 0.339 e. The van der Waals surface area contributed by atoms with Gasteiger partial charge in [0.15, 0.2) is 0 Å². The normalized spacial score (nSPS) is 25.6. The summed E-state index contributed by atoms with van der Waals surface area (Å²) in [5, 5.41) is 13.3. The zero-order valence-corrected chi connectivity index (χ0v) is 9.81. The molecule has 0 atom stereocenters. The van der Waals surface area contributed by atoms with Crippen LogP contribution in [-0.2, 0) is 0 Å². The maximum absolute atomic E-state index is 10.9. The van der Waals surface area contributed by atoms with Crippen molar-refractivity contribution in [2.45, 2.75) is 45.6 Å². The predicted molar refractivity (Wildman–Crippen MR) is 60.6 cm³/mol. The Balaban J connectivity index is 2.15. The molecule has 2 rings (SSSR count). The first-order valence-electron chi connectivity index (χ1n) is 5.87. The summed E-state index contributed by atoms with van der Waals surface area (Å²) in [6.45, 7) is 4.03. The van der Waals surface area contributed by atoms with Crippen molar-refractivity contribution in [1.29, 1.82) is 0 Å². The van der Waals surface area contributed by atoms with Gasteiger partial charge in [-0.3, -0.25) is 4.68 Å². The van der Waals surface area contributed by atoms with Crippen molar-refractivity contribution < 1.29 is 9.90 Å². The van der Waals surface area contributed by atoms with Crippen molar-refractivity contribution in [3.8, 4) is 0 Å². The van der Waals surface area contributed by atoms with Gasteiger partial charge in [-0.15, -0.1) is 0 Å². The molecule has 1 aromatic rings. The van der Waals surface area contributed by atoms with Crippen LogP contribution < -0.4 is 0 Å². The maximum atomic E-state index is 10.9. The van der Waals surface area contributed by atoms with E-state index in [-0.39, 0.29) is 0 Å². The molecule has 0 unspecified atom stereocenters. The van der Waals surface area contributed by atoms with Crippen LogP contribution in [0, 0.1) is 12.8 Å². The van der Waals surface area contributed by atoms with Gasteiger partial charge in [-0.25, -0.2) is 4.79 Å². The van der Waals surface area contributed by atoms with Gasteiger partial charge in [-0.1, -0.05) is 6.92 Å². The number of hydrogen-bond donors (Lipinski definition) is 1. The van der Waals surface area contributed by atoms with Gasteiger partial charge in [0.2, 0.25) is 0 Å². The first-order valence-corrected chi connectivity index (χ1v) is 5.87. The van der Waals surface area contributed by atoms with Crippen LogP contribution in [0.15, 0.2) is 6.20 Å². The highest BCUT2D eigenvalue weighted by atomic mass is 16.4. The summed E-state index contributed by atoms with van der Waals surface area (Å²) in [7, 11) is 0. The van der Waals surface area contributed by atoms with Crippen LogP contribution in [0.1, 0.15) is 54.7 Å². The minimum absolute atomic E-state index is 0.332. The molecule has 1 heterocycles. The quantitative estimate of drug-likeness (QED) is 0.836. The van der Waals surface area contributed by atoms with Gasteiger partial charge in [0.25, 0.3) is 0 Å². The van der Waals surface area contributed by atoms with E-state index < -0.39 is 5.97 Å². The molecule has 16 heavy (non-hydrogen) atoms. The lowest BCUT2D eigenvalue weighted by Crippen LogP contribution is -2.17. The Labute approximate surface area is 95.3 Å². The van der Waals surface area contributed by atoms with Crippen LogP contribution in [0.2, 0.25) is 0 Å². The largest absolute Gasteiger partial charge is 0.478 e. The minimum Gasteiger partial charge on any atom is -0.478 e. The molecule has 1 N–H and O–H groups in total. The van der Waals surface area contributed by atoms with Crippen molar-refractivity contribution in [2.24, 2.45) is 5.92 Å². The van der Waals surface area contributed by atoms with Gasteiger partial charge >= 0.3 is 5.97 Å². The van der Waals surface area contributed by atoms with Crippen LogP contribution in [0.5, 0.6) is 0 Å². The lowest BCUT2D eigenvalue weighted by Gasteiger charge is -2.26. The first-order chi connectivity index (χ1) is 7.58. The highest BCUT2D eigenvalue weighted by Gasteiger charge is 2.22. The molecule has 0 aromatic carbocycles. The summed E-state index contributed by atoms with van der Waals surface area (Å²) in [4.78, 5) is 10.9. The SMILES string of the molecule is Cc1nn(C2CCC(C)CC2)cc1C(=O)O. The molecule has 1 fully saturated rings. The Hall–Kier alpha value is -1.32. The van der Waals surface area contributed by atoms with E-state index in [1.54, 1.807) is 13.1 Å². The molecular weight excluding hydrogens is 204 g/mol. The van der Waals surface area contributed by atoms with Crippen molar-refractivity contribution in [3.05, 3.63) is 17.5 Å². The Morgan fingerprint density at radius 3 is 2.56 bits per heavy atom. The fraction of sp³-hybridized carbons (Fsp3) is 0.667. The number of rotatable bonds is 2. The summed E-state index contributed by atoms with van der Waals surface area (Å²) in [6.07, 6.45) is 6.33. The first kappa shape index (κ1) is 11.2. The molecular formula is C12H18N2O2. The molecule has 0 saturated heterocycles. The fourth-order valence-corrected chi connectivity index (χ4v) is 2.39. The van der Waals surface area contributed by atoms with E-state index in [2.05, 4.69) is 12.0 Å². The monoisotopic (exact) mass is 222 g/mol. The van der Waals surface area contributed by atoms with Crippen LogP contribution in [0.25, 0.3) is 0 Å². The molecule has 1 aliphatic rings. The highest BCUT2D eigenvalue weighted by molar-refractivity contribution is 5.88. The van der Waals surface area contributed by atoms with Crippen molar-refractivity contribution in [1.82, 2.24) is 9.78 Å². The standard InChI is InChI=1S/C12H18N2O2/c1-8-3-5-10(6-4-8)14-7-11(12(15)16)9(2)13-14/h7-8,10H,3-6H2,1-2H3,(H,15,16). The predicted octanol–water partition coefficient (Wildman–Crippen LogP) is 2.64. The molecule has 1 aliphatic carbocycles. The lowest BCUT2D eigenvalue weighted by molar-refractivity contribution is 0.0696. The van der Waals surface area contributed by atoms with Gasteiger partial charge in [0.1, 0.15) is 5.56 Å². The molecule has 1 aromatic heterocycles. The molecule has 0 bridgehead atoms. The molecule has 0 radical (unpaired) electrons. The second kappa shape index (κ2) is 4.28. The van der Waals surface area contributed by atoms with Gasteiger partial charge < -0.3 is 5.11 Å². The molecule has 1 saturated carbocycles. The smallest absolute Gasteiger partial charge is 0.339 e. The summed E-state index contributed by atoms with van der Waals surface area (Å²) in [6, 6.07) is 0.392. The van der Waals surface area contributed by atoms with Gasteiger partial charge in [0.05, 0.1) is 11.7 Å². The zero-order valence-electron chi connectivity index (χ0n) is 9.81. The summed E-state index contributed by atoms with van der Waals surface area (Å²) >= 11 is 0. The van der Waals surface area contributed by atoms with Crippen LogP contribution in [-0.4, -0.2) is 20.9 Å². The van der Waals surface area contributed by atoms with E-state index >= 15 is 0 Å². The molecule has 0 spiro atoms. The second-order valence-corrected chi connectivity index (χ2v) is 4.83. The van der Waals surface area contributed by atoms with Gasteiger partial charge in [-0.05, 0) is 38.5 Å². The molecule has 4 nitrogen and oxygen atoms in total. The third-order valence-electron chi connectivity index (χ3n) is 3.51. The van der Waals surface area contributed by atoms with E-state index in [0.29, 0.717) is 17.3 Å². The number of carboxylic acids is 1. The van der Waals surface area contributed by atoms with Crippen molar-refractivity contribution in [3.63, 3.8) is 0 Å². The average molecular weight is 222 g/mol. The summed E-state index contributed by atoms with van der Waals surface area (Å²) in [5.41, 5.74) is 0.949. The van der Waals surface area contributed by atoms with E-state index in [9.17, 15) is 4.79 Å². The fourth-order valence-electron chi connectivity index (χ4n) is 2.39. The average Bonchev–Trinajstić information content (AvgIpc) is 2.61. The van der Waals surface area contributed by atoms with Crippen molar-refractivity contribution >= 4 is 5.97 Å². The van der Waals surface area contributed by atoms with Gasteiger partial charge in [-0.2, -0.15) is 5.10 Å². The van der Waals surface area contributed by atoms with Crippen LogP contribution >= 0.6 is 0 Å². The Morgan fingerprint density at radius 1 is 1.44 bits per heavy atom. The Kier molecular flexibility index (Phi) is 2.99. The molecule has 4 heteroatoms. The van der Waals surface area contributed by atoms with E-state index in [0.717, 1.165) is 18.8 Å². The molecule has 0 amide bonds.